The van der Waals surface area contributed by atoms with Crippen molar-refractivity contribution < 1.29 is 27.8 Å². The summed E-state index contributed by atoms with van der Waals surface area (Å²) in [5.74, 6) is -0.262. The average Bonchev–Trinajstić information content (AvgIpc) is 3.32. The lowest BCUT2D eigenvalue weighted by molar-refractivity contribution is 0.0697. The number of hydrogen-bond acceptors (Lipinski definition) is 9. The quantitative estimate of drug-likeness (QED) is 0.266. The van der Waals surface area contributed by atoms with Crippen LogP contribution in [0.2, 0.25) is 0 Å². The summed E-state index contributed by atoms with van der Waals surface area (Å²) in [5.41, 5.74) is 1.50. The summed E-state index contributed by atoms with van der Waals surface area (Å²) in [6.45, 7) is 1.70. The van der Waals surface area contributed by atoms with Crippen LogP contribution in [0.15, 0.2) is 84.1 Å². The Bertz CT molecular complexity index is 1810. The first-order valence-electron chi connectivity index (χ1n) is 12.1. The van der Waals surface area contributed by atoms with Crippen LogP contribution < -0.4 is 14.8 Å². The Morgan fingerprint density at radius 3 is 2.40 bits per heavy atom. The molecule has 11 nitrogen and oxygen atoms in total. The number of sulfone groups is 1. The van der Waals surface area contributed by atoms with Gasteiger partial charge in [0.05, 0.1) is 35.9 Å². The zero-order valence-corrected chi connectivity index (χ0v) is 22.6. The van der Waals surface area contributed by atoms with Gasteiger partial charge in [-0.3, -0.25) is 4.98 Å². The standard InChI is InChI=1S/C28H25N5O6S/c1-17-24-25(21(28(34)35)16-30-26(24)33(32-17)22-8-4-5-9-23(22)39-3)31-27(18-7-6-14-29-15-18)40(36,37)20-12-10-19(38-2)11-13-20/h4-16,27H,1-3H3,(H,30,31)(H,34,35). The molecule has 0 radical (unpaired) electrons. The highest BCUT2D eigenvalue weighted by Crippen LogP contribution is 2.37. The van der Waals surface area contributed by atoms with Crippen molar-refractivity contribution in [2.24, 2.45) is 0 Å². The molecule has 0 bridgehead atoms. The maximum Gasteiger partial charge on any atom is 0.339 e. The van der Waals surface area contributed by atoms with E-state index >= 15 is 0 Å². The number of pyridine rings is 2. The summed E-state index contributed by atoms with van der Waals surface area (Å²) in [6, 6.07) is 16.4. The number of nitrogens with one attached hydrogen (secondary N) is 1. The third-order valence-corrected chi connectivity index (χ3v) is 8.32. The zero-order valence-electron chi connectivity index (χ0n) is 21.8. The van der Waals surface area contributed by atoms with Gasteiger partial charge in [-0.2, -0.15) is 5.10 Å². The molecule has 0 aliphatic carbocycles. The molecule has 3 aromatic heterocycles. The van der Waals surface area contributed by atoms with E-state index in [-0.39, 0.29) is 16.1 Å². The lowest BCUT2D eigenvalue weighted by Gasteiger charge is -2.22. The molecular formula is C28H25N5O6S. The largest absolute Gasteiger partial charge is 0.497 e. The molecular weight excluding hydrogens is 534 g/mol. The number of aryl methyl sites for hydroxylation is 1. The van der Waals surface area contributed by atoms with Crippen molar-refractivity contribution in [3.63, 3.8) is 0 Å². The summed E-state index contributed by atoms with van der Waals surface area (Å²) in [7, 11) is -1.11. The lowest BCUT2D eigenvalue weighted by atomic mass is 10.1. The number of nitrogens with zero attached hydrogens (tertiary/aromatic N) is 4. The lowest BCUT2D eigenvalue weighted by Crippen LogP contribution is -2.23. The van der Waals surface area contributed by atoms with Gasteiger partial charge in [-0.1, -0.05) is 18.2 Å². The van der Waals surface area contributed by atoms with Crippen molar-refractivity contribution in [3.05, 3.63) is 96.1 Å². The minimum atomic E-state index is -4.12. The molecule has 1 unspecified atom stereocenters. The molecule has 0 aliphatic rings. The summed E-state index contributed by atoms with van der Waals surface area (Å²) < 4.78 is 40.2. The topological polar surface area (TPSA) is 146 Å². The first-order valence-corrected chi connectivity index (χ1v) is 13.6. The molecule has 5 aromatic rings. The molecule has 2 N–H and O–H groups in total. The van der Waals surface area contributed by atoms with Crippen molar-refractivity contribution in [2.75, 3.05) is 19.5 Å². The Labute approximate surface area is 230 Å². The SMILES string of the molecule is COc1ccc(S(=O)(=O)C(Nc2c(C(=O)O)cnc3c2c(C)nn3-c2ccccc2OC)c2cccnc2)cc1. The molecule has 1 atom stereocenters. The molecule has 0 saturated carbocycles. The fourth-order valence-electron chi connectivity index (χ4n) is 4.44. The van der Waals surface area contributed by atoms with Crippen LogP contribution in [0.4, 0.5) is 5.69 Å². The van der Waals surface area contributed by atoms with E-state index in [1.54, 1.807) is 43.3 Å². The van der Waals surface area contributed by atoms with Gasteiger partial charge in [-0.05, 0) is 49.4 Å². The summed E-state index contributed by atoms with van der Waals surface area (Å²) >= 11 is 0. The van der Waals surface area contributed by atoms with E-state index in [0.29, 0.717) is 39.5 Å². The van der Waals surface area contributed by atoms with Gasteiger partial charge in [-0.15, -0.1) is 0 Å². The molecule has 0 saturated heterocycles. The molecule has 0 aliphatic heterocycles. The van der Waals surface area contributed by atoms with Crippen molar-refractivity contribution in [2.45, 2.75) is 17.2 Å². The van der Waals surface area contributed by atoms with Crippen molar-refractivity contribution in [1.82, 2.24) is 19.7 Å². The van der Waals surface area contributed by atoms with E-state index < -0.39 is 21.2 Å². The number of benzene rings is 2. The normalized spacial score (nSPS) is 12.2. The van der Waals surface area contributed by atoms with E-state index in [4.69, 9.17) is 9.47 Å². The number of methoxy groups -OCH3 is 2. The summed E-state index contributed by atoms with van der Waals surface area (Å²) in [6.07, 6.45) is 4.12. The second-order valence-electron chi connectivity index (χ2n) is 8.75. The van der Waals surface area contributed by atoms with Crippen LogP contribution in [-0.2, 0) is 9.84 Å². The monoisotopic (exact) mass is 559 g/mol. The smallest absolute Gasteiger partial charge is 0.339 e. The Balaban J connectivity index is 1.73. The summed E-state index contributed by atoms with van der Waals surface area (Å²) in [5, 5.41) is 16.7. The maximum atomic E-state index is 14.0. The molecule has 5 rings (SSSR count). The molecule has 204 valence electrons. The summed E-state index contributed by atoms with van der Waals surface area (Å²) in [4.78, 5) is 20.9. The third-order valence-electron chi connectivity index (χ3n) is 6.38. The van der Waals surface area contributed by atoms with Crippen LogP contribution in [0.5, 0.6) is 11.5 Å². The predicted molar refractivity (Wildman–Crippen MR) is 148 cm³/mol. The number of aromatic nitrogens is 4. The van der Waals surface area contributed by atoms with E-state index in [9.17, 15) is 18.3 Å². The van der Waals surface area contributed by atoms with E-state index in [1.807, 2.05) is 12.1 Å². The minimum Gasteiger partial charge on any atom is -0.497 e. The number of anilines is 1. The van der Waals surface area contributed by atoms with E-state index in [1.165, 1.54) is 49.6 Å². The zero-order chi connectivity index (χ0) is 28.4. The first-order chi connectivity index (χ1) is 19.3. The maximum absolute atomic E-state index is 14.0. The Hall–Kier alpha value is -4.97. The highest BCUT2D eigenvalue weighted by molar-refractivity contribution is 7.91. The van der Waals surface area contributed by atoms with Gasteiger partial charge in [0.1, 0.15) is 22.7 Å². The molecule has 12 heteroatoms. The van der Waals surface area contributed by atoms with Gasteiger partial charge >= 0.3 is 5.97 Å². The number of para-hydroxylation sites is 2. The fourth-order valence-corrected chi connectivity index (χ4v) is 6.00. The van der Waals surface area contributed by atoms with Crippen LogP contribution in [0, 0.1) is 6.92 Å². The molecule has 0 amide bonds. The minimum absolute atomic E-state index is 0.0123. The third kappa shape index (κ3) is 4.69. The number of rotatable bonds is 9. The van der Waals surface area contributed by atoms with Crippen molar-refractivity contribution in [1.29, 1.82) is 0 Å². The number of carboxylic acids is 1. The molecule has 3 heterocycles. The number of hydrogen-bond donors (Lipinski definition) is 2. The highest BCUT2D eigenvalue weighted by atomic mass is 32.2. The van der Waals surface area contributed by atoms with E-state index in [0.717, 1.165) is 0 Å². The molecule has 0 spiro atoms. The second-order valence-corrected chi connectivity index (χ2v) is 10.8. The molecule has 0 fully saturated rings. The Morgan fingerprint density at radius 2 is 1.75 bits per heavy atom. The van der Waals surface area contributed by atoms with Gasteiger partial charge in [0.15, 0.2) is 11.0 Å². The fraction of sp³-hybridized carbons (Fsp3) is 0.143. The first kappa shape index (κ1) is 26.6. The van der Waals surface area contributed by atoms with Crippen LogP contribution >= 0.6 is 0 Å². The van der Waals surface area contributed by atoms with Gasteiger partial charge < -0.3 is 19.9 Å². The van der Waals surface area contributed by atoms with Crippen LogP contribution in [0.3, 0.4) is 0 Å². The van der Waals surface area contributed by atoms with Gasteiger partial charge in [0, 0.05) is 24.2 Å². The second kappa shape index (κ2) is 10.7. The van der Waals surface area contributed by atoms with Crippen LogP contribution in [0.1, 0.15) is 27.0 Å². The van der Waals surface area contributed by atoms with Crippen LogP contribution in [-0.4, -0.2) is 53.5 Å². The van der Waals surface area contributed by atoms with Gasteiger partial charge in [0.2, 0.25) is 9.84 Å². The van der Waals surface area contributed by atoms with Gasteiger partial charge in [-0.25, -0.2) is 22.9 Å². The van der Waals surface area contributed by atoms with Gasteiger partial charge in [0.25, 0.3) is 0 Å². The van der Waals surface area contributed by atoms with Crippen molar-refractivity contribution >= 4 is 32.5 Å². The molecule has 2 aromatic carbocycles. The highest BCUT2D eigenvalue weighted by Gasteiger charge is 2.32. The van der Waals surface area contributed by atoms with E-state index in [2.05, 4.69) is 20.4 Å². The number of fused-ring (bicyclic) bond motifs is 1. The average molecular weight is 560 g/mol. The molecule has 40 heavy (non-hydrogen) atoms. The Kier molecular flexibility index (Phi) is 7.09. The van der Waals surface area contributed by atoms with Crippen molar-refractivity contribution in [3.8, 4) is 17.2 Å². The predicted octanol–water partition coefficient (Wildman–Crippen LogP) is 4.42. The number of carboxylic acid groups (broad SMARTS) is 1. The Morgan fingerprint density at radius 1 is 1.00 bits per heavy atom. The number of carbonyl (C=O) groups is 1. The van der Waals surface area contributed by atoms with Crippen LogP contribution in [0.25, 0.3) is 16.7 Å². The number of ether oxygens (including phenoxy) is 2. The number of aromatic carboxylic acids is 1.